The Morgan fingerprint density at radius 1 is 1.35 bits per heavy atom. The summed E-state index contributed by atoms with van der Waals surface area (Å²) in [5.74, 6) is -0.636. The molecule has 0 spiro atoms. The highest BCUT2D eigenvalue weighted by Gasteiger charge is 2.32. The van der Waals surface area contributed by atoms with Crippen LogP contribution in [0, 0.1) is 5.41 Å². The second-order valence-electron chi connectivity index (χ2n) is 4.64. The Kier molecular flexibility index (Phi) is 5.90. The maximum absolute atomic E-state index is 11.5. The number of aliphatic hydroxyl groups is 2. The molecular weight excluding hydrogens is 228 g/mol. The van der Waals surface area contributed by atoms with E-state index in [0.29, 0.717) is 0 Å². The Balaban J connectivity index is 4.14. The Bertz CT molecular complexity index is 280. The van der Waals surface area contributed by atoms with Gasteiger partial charge in [-0.05, 0) is 6.92 Å². The van der Waals surface area contributed by atoms with Crippen molar-refractivity contribution in [3.63, 3.8) is 0 Å². The summed E-state index contributed by atoms with van der Waals surface area (Å²) in [7, 11) is 0. The standard InChI is InChI=1S/C10H20N2O5/c1-6(12-9(16)17)4-11-8(15)7(14)10(2,3)5-13/h6-7,12-14H,4-5H2,1-3H3,(H,11,15)(H,16,17)/t6-,7?/m0/s1. The fourth-order valence-corrected chi connectivity index (χ4v) is 1.05. The van der Waals surface area contributed by atoms with Crippen LogP contribution in [-0.4, -0.2) is 52.6 Å². The molecule has 2 atom stereocenters. The molecule has 0 aliphatic rings. The van der Waals surface area contributed by atoms with Gasteiger partial charge >= 0.3 is 6.09 Å². The zero-order valence-corrected chi connectivity index (χ0v) is 10.2. The third kappa shape index (κ3) is 5.50. The lowest BCUT2D eigenvalue weighted by molar-refractivity contribution is -0.137. The van der Waals surface area contributed by atoms with Gasteiger partial charge in [-0.3, -0.25) is 4.79 Å². The monoisotopic (exact) mass is 248 g/mol. The molecule has 5 N–H and O–H groups in total. The Morgan fingerprint density at radius 2 is 1.88 bits per heavy atom. The van der Waals surface area contributed by atoms with Crippen LogP contribution in [-0.2, 0) is 4.79 Å². The summed E-state index contributed by atoms with van der Waals surface area (Å²) in [6.45, 7) is 4.43. The lowest BCUT2D eigenvalue weighted by Crippen LogP contribution is -2.49. The fourth-order valence-electron chi connectivity index (χ4n) is 1.05. The van der Waals surface area contributed by atoms with Gasteiger partial charge in [0.05, 0.1) is 6.61 Å². The van der Waals surface area contributed by atoms with Gasteiger partial charge in [0.15, 0.2) is 0 Å². The molecule has 1 unspecified atom stereocenters. The summed E-state index contributed by atoms with van der Waals surface area (Å²) in [4.78, 5) is 21.8. The highest BCUT2D eigenvalue weighted by Crippen LogP contribution is 2.19. The van der Waals surface area contributed by atoms with Crippen molar-refractivity contribution < 1.29 is 24.9 Å². The number of carbonyl (C=O) groups excluding carboxylic acids is 1. The molecule has 0 aliphatic carbocycles. The van der Waals surface area contributed by atoms with Gasteiger partial charge in [0.2, 0.25) is 5.91 Å². The molecule has 17 heavy (non-hydrogen) atoms. The first-order valence-corrected chi connectivity index (χ1v) is 5.27. The number of carbonyl (C=O) groups is 2. The van der Waals surface area contributed by atoms with Gasteiger partial charge in [-0.2, -0.15) is 0 Å². The maximum Gasteiger partial charge on any atom is 0.404 e. The maximum atomic E-state index is 11.5. The van der Waals surface area contributed by atoms with E-state index in [1.54, 1.807) is 20.8 Å². The van der Waals surface area contributed by atoms with Crippen LogP contribution in [0.3, 0.4) is 0 Å². The van der Waals surface area contributed by atoms with E-state index < -0.39 is 29.6 Å². The van der Waals surface area contributed by atoms with Crippen molar-refractivity contribution in [1.29, 1.82) is 0 Å². The van der Waals surface area contributed by atoms with Crippen molar-refractivity contribution in [1.82, 2.24) is 10.6 Å². The number of nitrogens with one attached hydrogen (secondary N) is 2. The summed E-state index contributed by atoms with van der Waals surface area (Å²) in [5.41, 5.74) is -0.937. The number of hydrogen-bond donors (Lipinski definition) is 5. The Hall–Kier alpha value is -1.34. The van der Waals surface area contributed by atoms with Gasteiger partial charge in [0, 0.05) is 18.0 Å². The molecule has 0 fully saturated rings. The molecule has 2 amide bonds. The highest BCUT2D eigenvalue weighted by molar-refractivity contribution is 5.81. The van der Waals surface area contributed by atoms with Gasteiger partial charge in [0.1, 0.15) is 6.10 Å². The molecule has 0 saturated heterocycles. The minimum atomic E-state index is -1.34. The van der Waals surface area contributed by atoms with Crippen LogP contribution in [0.1, 0.15) is 20.8 Å². The second kappa shape index (κ2) is 6.41. The predicted molar refractivity (Wildman–Crippen MR) is 60.5 cm³/mol. The molecule has 0 aromatic rings. The van der Waals surface area contributed by atoms with Crippen LogP contribution in [0.5, 0.6) is 0 Å². The van der Waals surface area contributed by atoms with E-state index in [-0.39, 0.29) is 13.2 Å². The van der Waals surface area contributed by atoms with Crippen molar-refractivity contribution in [3.8, 4) is 0 Å². The van der Waals surface area contributed by atoms with Crippen LogP contribution in [0.2, 0.25) is 0 Å². The summed E-state index contributed by atoms with van der Waals surface area (Å²) in [6.07, 6.45) is -2.52. The van der Waals surface area contributed by atoms with Crippen LogP contribution >= 0.6 is 0 Å². The largest absolute Gasteiger partial charge is 0.465 e. The first kappa shape index (κ1) is 15.7. The number of rotatable bonds is 6. The molecule has 7 heteroatoms. The number of hydrogen-bond acceptors (Lipinski definition) is 4. The molecule has 7 nitrogen and oxygen atoms in total. The quantitative estimate of drug-likeness (QED) is 0.419. The van der Waals surface area contributed by atoms with Crippen molar-refractivity contribution in [3.05, 3.63) is 0 Å². The van der Waals surface area contributed by atoms with Gasteiger partial charge in [-0.25, -0.2) is 4.79 Å². The van der Waals surface area contributed by atoms with E-state index in [0.717, 1.165) is 0 Å². The first-order valence-electron chi connectivity index (χ1n) is 5.27. The molecule has 100 valence electrons. The lowest BCUT2D eigenvalue weighted by atomic mass is 9.87. The summed E-state index contributed by atoms with van der Waals surface area (Å²) < 4.78 is 0. The number of carboxylic acid groups (broad SMARTS) is 1. The van der Waals surface area contributed by atoms with Gasteiger partial charge < -0.3 is 26.0 Å². The lowest BCUT2D eigenvalue weighted by Gasteiger charge is -2.27. The minimum Gasteiger partial charge on any atom is -0.465 e. The number of aliphatic hydroxyl groups excluding tert-OH is 2. The molecule has 0 aromatic heterocycles. The zero-order chi connectivity index (χ0) is 13.6. The van der Waals surface area contributed by atoms with Crippen LogP contribution < -0.4 is 10.6 Å². The van der Waals surface area contributed by atoms with Crippen LogP contribution in [0.15, 0.2) is 0 Å². The molecule has 0 heterocycles. The fraction of sp³-hybridized carbons (Fsp3) is 0.800. The average Bonchev–Trinajstić information content (AvgIpc) is 2.23. The molecule has 0 bridgehead atoms. The van der Waals surface area contributed by atoms with Crippen molar-refractivity contribution in [2.75, 3.05) is 13.2 Å². The van der Waals surface area contributed by atoms with Gasteiger partial charge in [-0.15, -0.1) is 0 Å². The molecular formula is C10H20N2O5. The topological polar surface area (TPSA) is 119 Å². The third-order valence-electron chi connectivity index (χ3n) is 2.35. The second-order valence-corrected chi connectivity index (χ2v) is 4.64. The van der Waals surface area contributed by atoms with E-state index in [9.17, 15) is 14.7 Å². The molecule has 0 radical (unpaired) electrons. The van der Waals surface area contributed by atoms with E-state index in [2.05, 4.69) is 10.6 Å². The third-order valence-corrected chi connectivity index (χ3v) is 2.35. The van der Waals surface area contributed by atoms with E-state index in [4.69, 9.17) is 10.2 Å². The van der Waals surface area contributed by atoms with Crippen molar-refractivity contribution in [2.24, 2.45) is 5.41 Å². The first-order chi connectivity index (χ1) is 7.70. The normalized spacial score (nSPS) is 14.9. The summed E-state index contributed by atoms with van der Waals surface area (Å²) in [5, 5.41) is 31.6. The highest BCUT2D eigenvalue weighted by atomic mass is 16.4. The summed E-state index contributed by atoms with van der Waals surface area (Å²) in [6, 6.07) is -0.458. The smallest absolute Gasteiger partial charge is 0.404 e. The van der Waals surface area contributed by atoms with E-state index in [1.165, 1.54) is 0 Å². The minimum absolute atomic E-state index is 0.0731. The number of amides is 2. The van der Waals surface area contributed by atoms with Gasteiger partial charge in [0.25, 0.3) is 0 Å². The van der Waals surface area contributed by atoms with Crippen molar-refractivity contribution >= 4 is 12.0 Å². The van der Waals surface area contributed by atoms with Gasteiger partial charge in [-0.1, -0.05) is 13.8 Å². The van der Waals surface area contributed by atoms with Crippen LogP contribution in [0.4, 0.5) is 4.79 Å². The Labute approximate surface area is 99.8 Å². The average molecular weight is 248 g/mol. The molecule has 0 saturated carbocycles. The predicted octanol–water partition coefficient (Wildman–Crippen LogP) is -0.862. The van der Waals surface area contributed by atoms with Crippen molar-refractivity contribution in [2.45, 2.75) is 32.9 Å². The molecule has 0 aliphatic heterocycles. The van der Waals surface area contributed by atoms with Crippen LogP contribution in [0.25, 0.3) is 0 Å². The Morgan fingerprint density at radius 3 is 2.29 bits per heavy atom. The van der Waals surface area contributed by atoms with E-state index in [1.807, 2.05) is 0 Å². The van der Waals surface area contributed by atoms with E-state index >= 15 is 0 Å². The molecule has 0 aromatic carbocycles. The summed E-state index contributed by atoms with van der Waals surface area (Å²) >= 11 is 0. The SMILES string of the molecule is C[C@@H](CNC(=O)C(O)C(C)(C)CO)NC(=O)O. The molecule has 0 rings (SSSR count). The zero-order valence-electron chi connectivity index (χ0n) is 10.2.